The Morgan fingerprint density at radius 1 is 1.22 bits per heavy atom. The van der Waals surface area contributed by atoms with Crippen LogP contribution in [0, 0.1) is 0 Å². The third-order valence-electron chi connectivity index (χ3n) is 2.62. The fraction of sp³-hybridized carbons (Fsp3) is 0.273. The van der Waals surface area contributed by atoms with Gasteiger partial charge in [-0.15, -0.1) is 10.2 Å². The Bertz CT molecular complexity index is 554. The van der Waals surface area contributed by atoms with Gasteiger partial charge in [-0.05, 0) is 17.7 Å². The Hall–Kier alpha value is -2.44. The van der Waals surface area contributed by atoms with Crippen LogP contribution in [-0.2, 0) is 6.54 Å². The number of nitrogens with one attached hydrogen (secondary N) is 3. The summed E-state index contributed by atoms with van der Waals surface area (Å²) in [7, 11) is 1.78. The molecular weight excluding hydrogens is 234 g/mol. The van der Waals surface area contributed by atoms with Crippen LogP contribution in [0.25, 0.3) is 0 Å². The molecule has 3 rings (SSSR count). The highest BCUT2D eigenvalue weighted by molar-refractivity contribution is 5.45. The predicted octanol–water partition coefficient (Wildman–Crippen LogP) is 1.19. The van der Waals surface area contributed by atoms with E-state index in [1.165, 1.54) is 0 Å². The van der Waals surface area contributed by atoms with Crippen LogP contribution in [0.3, 0.4) is 0 Å². The van der Waals surface area contributed by atoms with Crippen molar-refractivity contribution in [2.45, 2.75) is 6.54 Å². The van der Waals surface area contributed by atoms with Gasteiger partial charge in [0.05, 0.1) is 0 Å². The number of benzene rings is 1. The van der Waals surface area contributed by atoms with Gasteiger partial charge in [0, 0.05) is 13.6 Å². The molecule has 2 aromatic rings. The molecule has 1 aromatic heterocycles. The monoisotopic (exact) mass is 247 g/mol. The van der Waals surface area contributed by atoms with Gasteiger partial charge in [0.15, 0.2) is 11.5 Å². The van der Waals surface area contributed by atoms with Crippen LogP contribution in [0.15, 0.2) is 18.2 Å². The van der Waals surface area contributed by atoms with Crippen LogP contribution in [0.2, 0.25) is 0 Å². The van der Waals surface area contributed by atoms with Crippen molar-refractivity contribution in [1.82, 2.24) is 15.2 Å². The van der Waals surface area contributed by atoms with E-state index >= 15 is 0 Å². The zero-order valence-electron chi connectivity index (χ0n) is 9.86. The number of nitrogens with zero attached hydrogens (tertiary/aromatic N) is 2. The van der Waals surface area contributed by atoms with Crippen molar-refractivity contribution in [2.24, 2.45) is 0 Å². The molecule has 0 amide bonds. The number of H-pyrrole nitrogens is 1. The third-order valence-corrected chi connectivity index (χ3v) is 2.62. The maximum Gasteiger partial charge on any atom is 0.231 e. The second-order valence-corrected chi connectivity index (χ2v) is 3.81. The van der Waals surface area contributed by atoms with E-state index in [-0.39, 0.29) is 0 Å². The minimum Gasteiger partial charge on any atom is -0.454 e. The van der Waals surface area contributed by atoms with Crippen LogP contribution in [0.1, 0.15) is 5.56 Å². The Morgan fingerprint density at radius 3 is 2.89 bits per heavy atom. The highest BCUT2D eigenvalue weighted by Crippen LogP contribution is 2.32. The molecule has 1 aliphatic rings. The van der Waals surface area contributed by atoms with Crippen LogP contribution in [0.5, 0.6) is 11.5 Å². The van der Waals surface area contributed by atoms with E-state index in [0.29, 0.717) is 25.2 Å². The molecular formula is C11H13N5O2. The summed E-state index contributed by atoms with van der Waals surface area (Å²) in [5, 5.41) is 13.8. The van der Waals surface area contributed by atoms with Gasteiger partial charge in [0.25, 0.3) is 0 Å². The number of ether oxygens (including phenoxy) is 2. The lowest BCUT2D eigenvalue weighted by atomic mass is 10.2. The van der Waals surface area contributed by atoms with Gasteiger partial charge in [-0.3, -0.25) is 4.98 Å². The van der Waals surface area contributed by atoms with Gasteiger partial charge in [-0.1, -0.05) is 6.07 Å². The van der Waals surface area contributed by atoms with Crippen molar-refractivity contribution in [2.75, 3.05) is 24.5 Å². The maximum atomic E-state index is 5.32. The van der Waals surface area contributed by atoms with Gasteiger partial charge in [0.2, 0.25) is 18.7 Å². The first-order chi connectivity index (χ1) is 8.85. The lowest BCUT2D eigenvalue weighted by molar-refractivity contribution is 0.174. The summed E-state index contributed by atoms with van der Waals surface area (Å²) in [6, 6.07) is 5.83. The molecule has 0 spiro atoms. The van der Waals surface area contributed by atoms with E-state index < -0.39 is 0 Å². The van der Waals surface area contributed by atoms with Gasteiger partial charge >= 0.3 is 0 Å². The van der Waals surface area contributed by atoms with Crippen molar-refractivity contribution >= 4 is 11.9 Å². The van der Waals surface area contributed by atoms with Crippen molar-refractivity contribution in [3.8, 4) is 11.5 Å². The molecule has 3 N–H and O–H groups in total. The van der Waals surface area contributed by atoms with Crippen molar-refractivity contribution in [1.29, 1.82) is 0 Å². The maximum absolute atomic E-state index is 5.32. The zero-order valence-corrected chi connectivity index (χ0v) is 9.86. The van der Waals surface area contributed by atoms with E-state index in [1.807, 2.05) is 18.2 Å². The minimum atomic E-state index is 0.292. The van der Waals surface area contributed by atoms with E-state index in [2.05, 4.69) is 25.8 Å². The average molecular weight is 247 g/mol. The Morgan fingerprint density at radius 2 is 2.06 bits per heavy atom. The average Bonchev–Trinajstić information content (AvgIpc) is 3.04. The number of hydrogen-bond donors (Lipinski definition) is 3. The Labute approximate surface area is 104 Å². The number of hydrogen-bond acceptors (Lipinski definition) is 6. The molecule has 18 heavy (non-hydrogen) atoms. The van der Waals surface area contributed by atoms with Gasteiger partial charge < -0.3 is 20.1 Å². The first-order valence-electron chi connectivity index (χ1n) is 5.58. The fourth-order valence-corrected chi connectivity index (χ4v) is 1.69. The topological polar surface area (TPSA) is 84.1 Å². The highest BCUT2D eigenvalue weighted by atomic mass is 16.7. The molecule has 1 aliphatic heterocycles. The summed E-state index contributed by atoms with van der Waals surface area (Å²) in [4.78, 5) is 2.99. The van der Waals surface area contributed by atoms with E-state index in [4.69, 9.17) is 9.47 Å². The molecule has 7 heteroatoms. The van der Waals surface area contributed by atoms with Crippen molar-refractivity contribution in [3.63, 3.8) is 0 Å². The molecule has 94 valence electrons. The lowest BCUT2D eigenvalue weighted by Gasteiger charge is -2.03. The smallest absolute Gasteiger partial charge is 0.231 e. The highest BCUT2D eigenvalue weighted by Gasteiger charge is 2.13. The minimum absolute atomic E-state index is 0.292. The largest absolute Gasteiger partial charge is 0.454 e. The molecule has 0 radical (unpaired) electrons. The molecule has 0 atom stereocenters. The summed E-state index contributed by atoms with van der Waals surface area (Å²) < 4.78 is 10.6. The summed E-state index contributed by atoms with van der Waals surface area (Å²) in [6.07, 6.45) is 0. The van der Waals surface area contributed by atoms with E-state index in [0.717, 1.165) is 17.1 Å². The van der Waals surface area contributed by atoms with Crippen LogP contribution < -0.4 is 20.1 Å². The summed E-state index contributed by atoms with van der Waals surface area (Å²) in [6.45, 7) is 0.925. The Kier molecular flexibility index (Phi) is 2.64. The standard InChI is InChI=1S/C11H13N5O2/c1-12-10-14-11(16-15-10)13-5-7-2-3-8-9(4-7)18-6-17-8/h2-4H,5-6H2,1H3,(H3,12,13,14,15,16). The quantitative estimate of drug-likeness (QED) is 0.752. The second kappa shape index (κ2) is 4.44. The van der Waals surface area contributed by atoms with E-state index in [9.17, 15) is 0 Å². The summed E-state index contributed by atoms with van der Waals surface area (Å²) in [5.74, 6) is 2.82. The number of fused-ring (bicyclic) bond motifs is 1. The van der Waals surface area contributed by atoms with Crippen molar-refractivity contribution in [3.05, 3.63) is 23.8 Å². The third kappa shape index (κ3) is 2.02. The van der Waals surface area contributed by atoms with E-state index in [1.54, 1.807) is 7.05 Å². The first-order valence-corrected chi connectivity index (χ1v) is 5.58. The van der Waals surface area contributed by atoms with Gasteiger partial charge in [-0.2, -0.15) is 0 Å². The number of aromatic nitrogens is 3. The molecule has 0 aliphatic carbocycles. The molecule has 0 fully saturated rings. The lowest BCUT2D eigenvalue weighted by Crippen LogP contribution is -2.01. The number of anilines is 2. The molecule has 7 nitrogen and oxygen atoms in total. The molecule has 0 saturated carbocycles. The van der Waals surface area contributed by atoms with Gasteiger partial charge in [-0.25, -0.2) is 0 Å². The zero-order chi connectivity index (χ0) is 12.4. The normalized spacial score (nSPS) is 12.5. The summed E-state index contributed by atoms with van der Waals surface area (Å²) >= 11 is 0. The first kappa shape index (κ1) is 10.7. The number of aromatic amines is 1. The van der Waals surface area contributed by atoms with Gasteiger partial charge in [0.1, 0.15) is 0 Å². The van der Waals surface area contributed by atoms with Crippen LogP contribution in [0.4, 0.5) is 11.9 Å². The molecule has 0 unspecified atom stereocenters. The van der Waals surface area contributed by atoms with Crippen LogP contribution >= 0.6 is 0 Å². The fourth-order valence-electron chi connectivity index (χ4n) is 1.69. The molecule has 2 heterocycles. The molecule has 1 aromatic carbocycles. The second-order valence-electron chi connectivity index (χ2n) is 3.81. The SMILES string of the molecule is CNc1nnc(NCc2ccc3c(c2)OCO3)[nH]1. The Balaban J connectivity index is 1.66. The van der Waals surface area contributed by atoms with Crippen LogP contribution in [-0.4, -0.2) is 29.0 Å². The van der Waals surface area contributed by atoms with Crippen molar-refractivity contribution < 1.29 is 9.47 Å². The predicted molar refractivity (Wildman–Crippen MR) is 65.8 cm³/mol. The summed E-state index contributed by atoms with van der Waals surface area (Å²) in [5.41, 5.74) is 1.08. The molecule has 0 saturated heterocycles. The molecule has 0 bridgehead atoms. The number of rotatable bonds is 4.